The van der Waals surface area contributed by atoms with Crippen molar-refractivity contribution in [2.75, 3.05) is 13.6 Å². The van der Waals surface area contributed by atoms with Crippen molar-refractivity contribution in [3.63, 3.8) is 0 Å². The fourth-order valence-corrected chi connectivity index (χ4v) is 2.10. The Morgan fingerprint density at radius 3 is 3.00 bits per heavy atom. The Hall–Kier alpha value is -2.18. The number of fused-ring (bicyclic) bond motifs is 1. The molecule has 1 aliphatic heterocycles. The van der Waals surface area contributed by atoms with Crippen LogP contribution in [0.2, 0.25) is 0 Å². The van der Waals surface area contributed by atoms with Gasteiger partial charge in [-0.25, -0.2) is 9.67 Å². The van der Waals surface area contributed by atoms with Crippen LogP contribution in [0.3, 0.4) is 0 Å². The molecule has 0 fully saturated rings. The van der Waals surface area contributed by atoms with Gasteiger partial charge in [-0.05, 0) is 6.92 Å². The Balaban J connectivity index is 2.06. The van der Waals surface area contributed by atoms with Crippen LogP contribution in [0.1, 0.15) is 17.4 Å². The maximum atomic E-state index is 12.0. The van der Waals surface area contributed by atoms with E-state index in [4.69, 9.17) is 0 Å². The molecule has 2 aromatic heterocycles. The molecular formula is C11H14N6O. The lowest BCUT2D eigenvalue weighted by Crippen LogP contribution is -2.37. The molecule has 3 rings (SSSR count). The summed E-state index contributed by atoms with van der Waals surface area (Å²) >= 11 is 0. The lowest BCUT2D eigenvalue weighted by Gasteiger charge is -2.22. The molecule has 0 bridgehead atoms. The first kappa shape index (κ1) is 10.9. The second-order valence-corrected chi connectivity index (χ2v) is 4.26. The van der Waals surface area contributed by atoms with E-state index in [0.29, 0.717) is 23.8 Å². The van der Waals surface area contributed by atoms with E-state index in [2.05, 4.69) is 15.2 Å². The number of carbonyl (C=O) groups excluding carboxylic acids is 1. The lowest BCUT2D eigenvalue weighted by atomic mass is 10.2. The maximum absolute atomic E-state index is 12.0. The number of hydrogen-bond donors (Lipinski definition) is 0. The molecule has 0 saturated heterocycles. The number of carbonyl (C=O) groups is 1. The Morgan fingerprint density at radius 2 is 2.22 bits per heavy atom. The van der Waals surface area contributed by atoms with Crippen LogP contribution in [0.15, 0.2) is 12.4 Å². The molecule has 7 nitrogen and oxygen atoms in total. The molecule has 0 aliphatic carbocycles. The zero-order valence-electron chi connectivity index (χ0n) is 10.4. The van der Waals surface area contributed by atoms with Crippen molar-refractivity contribution in [3.05, 3.63) is 18.1 Å². The molecular weight excluding hydrogens is 232 g/mol. The fourth-order valence-electron chi connectivity index (χ4n) is 2.10. The molecule has 0 atom stereocenters. The van der Waals surface area contributed by atoms with Crippen LogP contribution in [0.5, 0.6) is 0 Å². The number of nitrogens with zero attached hydrogens (tertiary/aromatic N) is 6. The number of amides is 1. The van der Waals surface area contributed by atoms with Gasteiger partial charge in [0, 0.05) is 26.2 Å². The molecule has 0 unspecified atom stereocenters. The fraction of sp³-hybridized carbons (Fsp3) is 0.455. The molecule has 18 heavy (non-hydrogen) atoms. The Bertz CT molecular complexity index is 598. The van der Waals surface area contributed by atoms with Crippen LogP contribution in [-0.2, 0) is 13.1 Å². The summed E-state index contributed by atoms with van der Waals surface area (Å²) in [5.74, 6) is 0.706. The number of likely N-dealkylation sites (N-methyl/N-ethyl adjacent to an activating group) is 1. The highest BCUT2D eigenvalue weighted by Crippen LogP contribution is 2.19. The standard InChI is InChI=1S/C11H14N6O/c1-3-16-10(12-7-13-16)8-6-9-11(18)15(2)4-5-17(9)14-8/h6-7H,3-5H2,1-2H3. The molecule has 94 valence electrons. The van der Waals surface area contributed by atoms with Crippen LogP contribution >= 0.6 is 0 Å². The van der Waals surface area contributed by atoms with Gasteiger partial charge < -0.3 is 4.90 Å². The van der Waals surface area contributed by atoms with Gasteiger partial charge in [-0.3, -0.25) is 9.48 Å². The van der Waals surface area contributed by atoms with E-state index in [-0.39, 0.29) is 5.91 Å². The van der Waals surface area contributed by atoms with E-state index in [1.807, 2.05) is 6.92 Å². The molecule has 3 heterocycles. The summed E-state index contributed by atoms with van der Waals surface area (Å²) in [4.78, 5) is 17.9. The van der Waals surface area contributed by atoms with E-state index < -0.39 is 0 Å². The van der Waals surface area contributed by atoms with Gasteiger partial charge in [0.2, 0.25) is 0 Å². The minimum Gasteiger partial charge on any atom is -0.339 e. The largest absolute Gasteiger partial charge is 0.339 e. The molecule has 0 saturated carbocycles. The van der Waals surface area contributed by atoms with Crippen molar-refractivity contribution in [3.8, 4) is 11.5 Å². The Kier molecular flexibility index (Phi) is 2.39. The van der Waals surface area contributed by atoms with Gasteiger partial charge in [0.15, 0.2) is 5.82 Å². The minimum atomic E-state index is 0.00237. The van der Waals surface area contributed by atoms with Gasteiger partial charge >= 0.3 is 0 Å². The van der Waals surface area contributed by atoms with Crippen LogP contribution in [0.25, 0.3) is 11.5 Å². The quantitative estimate of drug-likeness (QED) is 0.761. The summed E-state index contributed by atoms with van der Waals surface area (Å²) in [5.41, 5.74) is 1.32. The van der Waals surface area contributed by atoms with E-state index in [0.717, 1.165) is 13.1 Å². The first-order chi connectivity index (χ1) is 8.70. The highest BCUT2D eigenvalue weighted by Gasteiger charge is 2.25. The van der Waals surface area contributed by atoms with Gasteiger partial charge in [-0.1, -0.05) is 0 Å². The van der Waals surface area contributed by atoms with E-state index in [9.17, 15) is 4.79 Å². The minimum absolute atomic E-state index is 0.00237. The zero-order chi connectivity index (χ0) is 12.7. The van der Waals surface area contributed by atoms with Crippen molar-refractivity contribution < 1.29 is 4.79 Å². The number of aromatic nitrogens is 5. The lowest BCUT2D eigenvalue weighted by molar-refractivity contribution is 0.0743. The first-order valence-electron chi connectivity index (χ1n) is 5.92. The molecule has 2 aromatic rings. The molecule has 0 radical (unpaired) electrons. The summed E-state index contributed by atoms with van der Waals surface area (Å²) in [6, 6.07) is 1.79. The van der Waals surface area contributed by atoms with Gasteiger partial charge in [0.25, 0.3) is 5.91 Å². The zero-order valence-corrected chi connectivity index (χ0v) is 10.4. The second-order valence-electron chi connectivity index (χ2n) is 4.26. The van der Waals surface area contributed by atoms with Crippen molar-refractivity contribution in [2.24, 2.45) is 0 Å². The molecule has 7 heteroatoms. The predicted octanol–water partition coefficient (Wildman–Crippen LogP) is 0.247. The van der Waals surface area contributed by atoms with Crippen LogP contribution in [-0.4, -0.2) is 48.9 Å². The summed E-state index contributed by atoms with van der Waals surface area (Å²) in [7, 11) is 1.80. The third kappa shape index (κ3) is 1.51. The SMILES string of the molecule is CCn1ncnc1-c1cc2n(n1)CCN(C)C2=O. The van der Waals surface area contributed by atoms with E-state index in [1.54, 1.807) is 27.4 Å². The van der Waals surface area contributed by atoms with Crippen molar-refractivity contribution in [2.45, 2.75) is 20.0 Å². The van der Waals surface area contributed by atoms with Gasteiger partial charge in [-0.2, -0.15) is 10.2 Å². The molecule has 0 aromatic carbocycles. The van der Waals surface area contributed by atoms with Crippen molar-refractivity contribution in [1.29, 1.82) is 0 Å². The maximum Gasteiger partial charge on any atom is 0.271 e. The van der Waals surface area contributed by atoms with Gasteiger partial charge in [0.1, 0.15) is 17.7 Å². The Labute approximate surface area is 104 Å². The predicted molar refractivity (Wildman–Crippen MR) is 63.9 cm³/mol. The normalized spacial score (nSPS) is 15.0. The monoisotopic (exact) mass is 246 g/mol. The molecule has 1 amide bonds. The number of rotatable bonds is 2. The molecule has 0 N–H and O–H groups in total. The average Bonchev–Trinajstić information content (AvgIpc) is 2.99. The highest BCUT2D eigenvalue weighted by molar-refractivity contribution is 5.94. The summed E-state index contributed by atoms with van der Waals surface area (Å²) in [5, 5.41) is 8.54. The topological polar surface area (TPSA) is 68.8 Å². The molecule has 0 spiro atoms. The van der Waals surface area contributed by atoms with E-state index >= 15 is 0 Å². The second kappa shape index (κ2) is 3.94. The third-order valence-electron chi connectivity index (χ3n) is 3.14. The highest BCUT2D eigenvalue weighted by atomic mass is 16.2. The number of aryl methyl sites for hydroxylation is 1. The van der Waals surface area contributed by atoms with Crippen molar-refractivity contribution in [1.82, 2.24) is 29.4 Å². The summed E-state index contributed by atoms with van der Waals surface area (Å²) in [6.07, 6.45) is 1.51. The van der Waals surface area contributed by atoms with Gasteiger partial charge in [-0.15, -0.1) is 0 Å². The van der Waals surface area contributed by atoms with Crippen LogP contribution < -0.4 is 0 Å². The smallest absolute Gasteiger partial charge is 0.271 e. The van der Waals surface area contributed by atoms with Crippen molar-refractivity contribution >= 4 is 5.91 Å². The average molecular weight is 246 g/mol. The first-order valence-corrected chi connectivity index (χ1v) is 5.92. The summed E-state index contributed by atoms with van der Waals surface area (Å²) < 4.78 is 3.51. The number of hydrogen-bond acceptors (Lipinski definition) is 4. The third-order valence-corrected chi connectivity index (χ3v) is 3.14. The van der Waals surface area contributed by atoms with Gasteiger partial charge in [0.05, 0.1) is 6.54 Å². The van der Waals surface area contributed by atoms with Crippen LogP contribution in [0.4, 0.5) is 0 Å². The van der Waals surface area contributed by atoms with Crippen LogP contribution in [0, 0.1) is 0 Å². The Morgan fingerprint density at radius 1 is 1.39 bits per heavy atom. The van der Waals surface area contributed by atoms with E-state index in [1.165, 1.54) is 6.33 Å². The summed E-state index contributed by atoms with van der Waals surface area (Å²) in [6.45, 7) is 4.13. The molecule has 1 aliphatic rings.